The largest absolute Gasteiger partial charge is 0.350 e. The van der Waals surface area contributed by atoms with E-state index in [-0.39, 0.29) is 0 Å². The number of hydrogen-bond acceptors (Lipinski definition) is 6. The molecule has 4 rings (SSSR count). The van der Waals surface area contributed by atoms with Crippen molar-refractivity contribution >= 4 is 22.6 Å². The Kier molecular flexibility index (Phi) is 2.52. The highest BCUT2D eigenvalue weighted by Crippen LogP contribution is 2.25. The molecule has 0 amide bonds. The van der Waals surface area contributed by atoms with E-state index in [0.29, 0.717) is 17.3 Å². The van der Waals surface area contributed by atoms with Crippen LogP contribution in [0.15, 0.2) is 18.6 Å². The molecule has 4 heterocycles. The first-order chi connectivity index (χ1) is 10.3. The van der Waals surface area contributed by atoms with Crippen LogP contribution >= 0.6 is 0 Å². The van der Waals surface area contributed by atoms with E-state index in [9.17, 15) is 0 Å². The quantitative estimate of drug-likeness (QED) is 0.669. The van der Waals surface area contributed by atoms with Crippen molar-refractivity contribution in [3.8, 4) is 12.3 Å². The van der Waals surface area contributed by atoms with Crippen LogP contribution in [0.2, 0.25) is 0 Å². The van der Waals surface area contributed by atoms with Gasteiger partial charge in [-0.25, -0.2) is 9.97 Å². The monoisotopic (exact) mass is 279 g/mol. The van der Waals surface area contributed by atoms with Crippen LogP contribution in [0.1, 0.15) is 5.56 Å². The number of fused-ring (bicyclic) bond motifs is 3. The van der Waals surface area contributed by atoms with Gasteiger partial charge in [0, 0.05) is 30.9 Å². The van der Waals surface area contributed by atoms with Crippen LogP contribution in [0, 0.1) is 12.3 Å². The second kappa shape index (κ2) is 4.40. The molecule has 1 fully saturated rings. The van der Waals surface area contributed by atoms with Crippen LogP contribution in [0.3, 0.4) is 0 Å². The summed E-state index contributed by atoms with van der Waals surface area (Å²) < 4.78 is 1.89. The number of pyridine rings is 1. The van der Waals surface area contributed by atoms with Crippen LogP contribution < -0.4 is 10.2 Å². The molecule has 1 N–H and O–H groups in total. The lowest BCUT2D eigenvalue weighted by Crippen LogP contribution is -2.57. The Bertz CT molecular complexity index is 870. The van der Waals surface area contributed by atoms with Gasteiger partial charge in [-0.3, -0.25) is 4.40 Å². The molecule has 1 aliphatic heterocycles. The van der Waals surface area contributed by atoms with Crippen molar-refractivity contribution in [2.24, 2.45) is 0 Å². The lowest BCUT2D eigenvalue weighted by Gasteiger charge is -2.39. The summed E-state index contributed by atoms with van der Waals surface area (Å²) >= 11 is 0. The summed E-state index contributed by atoms with van der Waals surface area (Å²) in [5.74, 6) is 3.40. The number of aromatic nitrogens is 5. The summed E-state index contributed by atoms with van der Waals surface area (Å²) in [5.41, 5.74) is 2.91. The highest BCUT2D eigenvalue weighted by Gasteiger charge is 2.29. The van der Waals surface area contributed by atoms with Crippen molar-refractivity contribution in [1.82, 2.24) is 29.9 Å². The summed E-state index contributed by atoms with van der Waals surface area (Å²) in [5, 5.41) is 11.4. The lowest BCUT2D eigenvalue weighted by atomic mass is 10.1. The zero-order valence-electron chi connectivity index (χ0n) is 11.5. The Labute approximate surface area is 121 Å². The number of nitrogens with zero attached hydrogens (tertiary/aromatic N) is 6. The second-order valence-electron chi connectivity index (χ2n) is 5.06. The van der Waals surface area contributed by atoms with Crippen LogP contribution in [0.25, 0.3) is 16.8 Å². The van der Waals surface area contributed by atoms with Gasteiger partial charge in [0.05, 0.1) is 5.52 Å². The molecule has 7 nitrogen and oxygen atoms in total. The van der Waals surface area contributed by atoms with E-state index in [1.54, 1.807) is 12.5 Å². The molecular formula is C14H13N7. The van der Waals surface area contributed by atoms with Crippen molar-refractivity contribution in [2.45, 2.75) is 6.04 Å². The summed E-state index contributed by atoms with van der Waals surface area (Å²) in [6.45, 7) is 1.81. The molecule has 0 radical (unpaired) electrons. The SMILES string of the molecule is C#Cc1cnc2nc(N3CC(NC)C3)c3nncn3c2c1. The van der Waals surface area contributed by atoms with E-state index < -0.39 is 0 Å². The fourth-order valence-corrected chi connectivity index (χ4v) is 2.55. The fraction of sp³-hybridized carbons (Fsp3) is 0.286. The maximum absolute atomic E-state index is 5.43. The Hall–Kier alpha value is -2.72. The maximum atomic E-state index is 5.43. The van der Waals surface area contributed by atoms with E-state index in [1.165, 1.54) is 0 Å². The normalized spacial score (nSPS) is 15.3. The molecule has 0 bridgehead atoms. The first-order valence-electron chi connectivity index (χ1n) is 6.68. The molecule has 0 saturated carbocycles. The van der Waals surface area contributed by atoms with E-state index in [1.807, 2.05) is 17.5 Å². The van der Waals surface area contributed by atoms with Crippen molar-refractivity contribution in [2.75, 3.05) is 25.0 Å². The minimum atomic E-state index is 0.488. The predicted molar refractivity (Wildman–Crippen MR) is 79.1 cm³/mol. The first-order valence-corrected chi connectivity index (χ1v) is 6.68. The first kappa shape index (κ1) is 12.1. The molecule has 0 spiro atoms. The zero-order valence-corrected chi connectivity index (χ0v) is 11.5. The Balaban J connectivity index is 1.91. The van der Waals surface area contributed by atoms with E-state index in [0.717, 1.165) is 30.1 Å². The van der Waals surface area contributed by atoms with Crippen LogP contribution in [-0.2, 0) is 0 Å². The summed E-state index contributed by atoms with van der Waals surface area (Å²) in [6.07, 6.45) is 8.75. The summed E-state index contributed by atoms with van der Waals surface area (Å²) in [4.78, 5) is 11.2. The summed E-state index contributed by atoms with van der Waals surface area (Å²) in [6, 6.07) is 2.37. The number of hydrogen-bond donors (Lipinski definition) is 1. The van der Waals surface area contributed by atoms with Gasteiger partial charge in [0.25, 0.3) is 0 Å². The minimum absolute atomic E-state index is 0.488. The van der Waals surface area contributed by atoms with Gasteiger partial charge in [0.2, 0.25) is 5.65 Å². The topological polar surface area (TPSA) is 71.2 Å². The zero-order chi connectivity index (χ0) is 14.4. The Morgan fingerprint density at radius 2 is 2.29 bits per heavy atom. The van der Waals surface area contributed by atoms with Crippen molar-refractivity contribution in [1.29, 1.82) is 0 Å². The third-order valence-corrected chi connectivity index (χ3v) is 3.82. The number of terminal acetylenes is 1. The number of rotatable bonds is 2. The minimum Gasteiger partial charge on any atom is -0.350 e. The number of nitrogens with one attached hydrogen (secondary N) is 1. The third kappa shape index (κ3) is 1.73. The van der Waals surface area contributed by atoms with Gasteiger partial charge in [0.1, 0.15) is 6.33 Å². The number of likely N-dealkylation sites (N-methyl/N-ethyl adjacent to an activating group) is 1. The van der Waals surface area contributed by atoms with Crippen LogP contribution in [0.5, 0.6) is 0 Å². The van der Waals surface area contributed by atoms with E-state index >= 15 is 0 Å². The average Bonchev–Trinajstić information content (AvgIpc) is 2.95. The molecule has 0 aromatic carbocycles. The van der Waals surface area contributed by atoms with Crippen molar-refractivity contribution in [3.05, 3.63) is 24.2 Å². The van der Waals surface area contributed by atoms with Gasteiger partial charge in [-0.2, -0.15) is 0 Å². The Morgan fingerprint density at radius 1 is 1.43 bits per heavy atom. The molecule has 104 valence electrons. The van der Waals surface area contributed by atoms with Gasteiger partial charge >= 0.3 is 0 Å². The molecule has 1 aliphatic rings. The molecule has 21 heavy (non-hydrogen) atoms. The fourth-order valence-electron chi connectivity index (χ4n) is 2.55. The van der Waals surface area contributed by atoms with Gasteiger partial charge in [-0.15, -0.1) is 16.6 Å². The maximum Gasteiger partial charge on any atom is 0.204 e. The lowest BCUT2D eigenvalue weighted by molar-refractivity contribution is 0.448. The highest BCUT2D eigenvalue weighted by molar-refractivity contribution is 5.81. The third-order valence-electron chi connectivity index (χ3n) is 3.82. The van der Waals surface area contributed by atoms with Crippen LogP contribution in [0.4, 0.5) is 5.82 Å². The van der Waals surface area contributed by atoms with Gasteiger partial charge in [0.15, 0.2) is 11.5 Å². The predicted octanol–water partition coefficient (Wildman–Crippen LogP) is 0.0618. The van der Waals surface area contributed by atoms with Gasteiger partial charge < -0.3 is 10.2 Å². The molecule has 0 unspecified atom stereocenters. The summed E-state index contributed by atoms with van der Waals surface area (Å²) in [7, 11) is 1.96. The Morgan fingerprint density at radius 3 is 3.05 bits per heavy atom. The van der Waals surface area contributed by atoms with Gasteiger partial charge in [-0.05, 0) is 13.1 Å². The molecular weight excluding hydrogens is 266 g/mol. The van der Waals surface area contributed by atoms with Crippen molar-refractivity contribution < 1.29 is 0 Å². The molecule has 0 aliphatic carbocycles. The van der Waals surface area contributed by atoms with Crippen molar-refractivity contribution in [3.63, 3.8) is 0 Å². The van der Waals surface area contributed by atoms with E-state index in [4.69, 9.17) is 6.42 Å². The molecule has 0 atom stereocenters. The second-order valence-corrected chi connectivity index (χ2v) is 5.06. The molecule has 1 saturated heterocycles. The van der Waals surface area contributed by atoms with E-state index in [2.05, 4.69) is 36.3 Å². The highest BCUT2D eigenvalue weighted by atomic mass is 15.3. The number of anilines is 1. The smallest absolute Gasteiger partial charge is 0.204 e. The standard InChI is InChI=1S/C14H13N7/c1-3-9-4-11-12(16-5-9)18-13(14-19-17-8-21(11)14)20-6-10(7-20)15-2/h1,4-5,8,10,15H,6-7H2,2H3. The molecule has 3 aromatic heterocycles. The average molecular weight is 279 g/mol. The van der Waals surface area contributed by atoms with Crippen LogP contribution in [-0.4, -0.2) is 50.7 Å². The molecule has 7 heteroatoms. The molecule has 3 aromatic rings. The van der Waals surface area contributed by atoms with Gasteiger partial charge in [-0.1, -0.05) is 5.92 Å².